The maximum absolute atomic E-state index is 12.7. The summed E-state index contributed by atoms with van der Waals surface area (Å²) in [6.07, 6.45) is 3.24. The number of unbranched alkanes of at least 4 members (excludes halogenated alkanes) is 1. The molecular formula is C18H22N2O4. The first-order valence-corrected chi connectivity index (χ1v) is 7.90. The van der Waals surface area contributed by atoms with E-state index in [9.17, 15) is 14.7 Å². The van der Waals surface area contributed by atoms with Gasteiger partial charge in [-0.3, -0.25) is 9.59 Å². The molecule has 0 saturated heterocycles. The van der Waals surface area contributed by atoms with Crippen molar-refractivity contribution in [3.8, 4) is 11.5 Å². The molecule has 1 aromatic carbocycles. The summed E-state index contributed by atoms with van der Waals surface area (Å²) in [4.78, 5) is 24.0. The molecule has 6 nitrogen and oxygen atoms in total. The molecule has 0 bridgehead atoms. The molecule has 2 N–H and O–H groups in total. The van der Waals surface area contributed by atoms with E-state index in [0.29, 0.717) is 23.1 Å². The first-order valence-electron chi connectivity index (χ1n) is 7.90. The number of carbonyl (C=O) groups excluding carboxylic acids is 1. The van der Waals surface area contributed by atoms with E-state index in [1.807, 2.05) is 6.92 Å². The van der Waals surface area contributed by atoms with Crippen LogP contribution in [0, 0.1) is 0 Å². The molecule has 0 saturated carbocycles. The van der Waals surface area contributed by atoms with Gasteiger partial charge in [0.25, 0.3) is 5.56 Å². The van der Waals surface area contributed by atoms with E-state index in [0.717, 1.165) is 12.8 Å². The van der Waals surface area contributed by atoms with E-state index >= 15 is 0 Å². The predicted molar refractivity (Wildman–Crippen MR) is 94.8 cm³/mol. The minimum atomic E-state index is -0.393. The van der Waals surface area contributed by atoms with Crippen LogP contribution in [0.2, 0.25) is 0 Å². The van der Waals surface area contributed by atoms with Crippen LogP contribution in [0.15, 0.2) is 35.6 Å². The molecule has 2 rings (SSSR count). The number of nitrogens with zero attached hydrogens (tertiary/aromatic N) is 1. The normalized spacial score (nSPS) is 10.6. The fourth-order valence-corrected chi connectivity index (χ4v) is 2.50. The number of nitrogens with one attached hydrogen (secondary N) is 1. The number of aromatic nitrogens is 1. The predicted octanol–water partition coefficient (Wildman–Crippen LogP) is 3.03. The summed E-state index contributed by atoms with van der Waals surface area (Å²) >= 11 is 0. The minimum absolute atomic E-state index is 0.0780. The molecule has 0 aliphatic heterocycles. The number of hydrogen-bond donors (Lipinski definition) is 2. The Balaban J connectivity index is 2.69. The van der Waals surface area contributed by atoms with Gasteiger partial charge in [0.05, 0.1) is 5.52 Å². The molecule has 128 valence electrons. The van der Waals surface area contributed by atoms with Gasteiger partial charge in [-0.15, -0.1) is 0 Å². The molecular weight excluding hydrogens is 308 g/mol. The summed E-state index contributed by atoms with van der Waals surface area (Å²) in [5.41, 5.74) is 0.734. The quantitative estimate of drug-likeness (QED) is 0.765. The van der Waals surface area contributed by atoms with Crippen LogP contribution in [0.25, 0.3) is 10.9 Å². The van der Waals surface area contributed by atoms with Gasteiger partial charge in [-0.1, -0.05) is 26.0 Å². The van der Waals surface area contributed by atoms with E-state index in [-0.39, 0.29) is 24.0 Å². The van der Waals surface area contributed by atoms with Crippen LogP contribution in [0.1, 0.15) is 26.7 Å². The van der Waals surface area contributed by atoms with Crippen molar-refractivity contribution in [3.05, 3.63) is 41.2 Å². The van der Waals surface area contributed by atoms with Crippen LogP contribution >= 0.6 is 0 Å². The lowest BCUT2D eigenvalue weighted by Gasteiger charge is -2.16. The van der Waals surface area contributed by atoms with Crippen LogP contribution in [-0.4, -0.2) is 22.2 Å². The highest BCUT2D eigenvalue weighted by atomic mass is 16.5. The number of fused-ring (bicyclic) bond motifs is 1. The van der Waals surface area contributed by atoms with Crippen LogP contribution in [-0.2, 0) is 11.3 Å². The van der Waals surface area contributed by atoms with Crippen molar-refractivity contribution in [2.75, 3.05) is 11.9 Å². The molecule has 6 heteroatoms. The third-order valence-corrected chi connectivity index (χ3v) is 3.60. The molecule has 0 atom stereocenters. The van der Waals surface area contributed by atoms with Crippen molar-refractivity contribution in [1.29, 1.82) is 0 Å². The molecule has 1 amide bonds. The van der Waals surface area contributed by atoms with Crippen molar-refractivity contribution in [2.24, 2.45) is 0 Å². The molecule has 1 aromatic heterocycles. The van der Waals surface area contributed by atoms with Gasteiger partial charge in [-0.05, 0) is 24.6 Å². The zero-order chi connectivity index (χ0) is 17.7. The second kappa shape index (κ2) is 7.68. The lowest BCUT2D eigenvalue weighted by Crippen LogP contribution is -2.23. The number of hydrogen-bond acceptors (Lipinski definition) is 4. The zero-order valence-corrected chi connectivity index (χ0v) is 14.0. The summed E-state index contributed by atoms with van der Waals surface area (Å²) in [7, 11) is 0. The first-order chi connectivity index (χ1) is 11.5. The number of amides is 1. The summed E-state index contributed by atoms with van der Waals surface area (Å²) < 4.78 is 6.94. The Kier molecular flexibility index (Phi) is 5.63. The Labute approximate surface area is 140 Å². The number of anilines is 1. The van der Waals surface area contributed by atoms with Crippen molar-refractivity contribution in [1.82, 2.24) is 4.57 Å². The molecule has 0 aliphatic carbocycles. The molecule has 24 heavy (non-hydrogen) atoms. The molecule has 0 fully saturated rings. The molecule has 0 radical (unpaired) electrons. The fraction of sp³-hybridized carbons (Fsp3) is 0.333. The Bertz CT molecular complexity index is 824. The maximum atomic E-state index is 12.7. The van der Waals surface area contributed by atoms with Gasteiger partial charge in [0, 0.05) is 24.5 Å². The highest BCUT2D eigenvalue weighted by molar-refractivity contribution is 5.94. The third-order valence-electron chi connectivity index (χ3n) is 3.60. The molecule has 1 heterocycles. The minimum Gasteiger partial charge on any atom is -0.504 e. The highest BCUT2D eigenvalue weighted by Crippen LogP contribution is 2.33. The van der Waals surface area contributed by atoms with E-state index in [2.05, 4.69) is 11.9 Å². The number of pyridine rings is 1. The number of aryl methyl sites for hydroxylation is 1. The fourth-order valence-electron chi connectivity index (χ4n) is 2.50. The van der Waals surface area contributed by atoms with Crippen molar-refractivity contribution < 1.29 is 14.6 Å². The summed E-state index contributed by atoms with van der Waals surface area (Å²) in [5.74, 6) is -0.475. The van der Waals surface area contributed by atoms with Gasteiger partial charge < -0.3 is 19.7 Å². The maximum Gasteiger partial charge on any atom is 0.297 e. The highest BCUT2D eigenvalue weighted by Gasteiger charge is 2.17. The number of benzene rings is 1. The van der Waals surface area contributed by atoms with Crippen LogP contribution in [0.5, 0.6) is 11.5 Å². The summed E-state index contributed by atoms with van der Waals surface area (Å²) in [5, 5.41) is 13.6. The van der Waals surface area contributed by atoms with Crippen LogP contribution in [0.3, 0.4) is 0 Å². The summed E-state index contributed by atoms with van der Waals surface area (Å²) in [6.45, 7) is 7.63. The van der Waals surface area contributed by atoms with Gasteiger partial charge >= 0.3 is 0 Å². The lowest BCUT2D eigenvalue weighted by atomic mass is 10.1. The smallest absolute Gasteiger partial charge is 0.297 e. The molecule has 0 unspecified atom stereocenters. The van der Waals surface area contributed by atoms with E-state index in [4.69, 9.17) is 4.74 Å². The first kappa shape index (κ1) is 17.6. The monoisotopic (exact) mass is 330 g/mol. The number of carbonyl (C=O) groups is 1. The average molecular weight is 330 g/mol. The average Bonchev–Trinajstić information content (AvgIpc) is 2.54. The van der Waals surface area contributed by atoms with Gasteiger partial charge in [-0.25, -0.2) is 0 Å². The largest absolute Gasteiger partial charge is 0.504 e. The van der Waals surface area contributed by atoms with E-state index in [1.165, 1.54) is 13.0 Å². The van der Waals surface area contributed by atoms with Gasteiger partial charge in [0.1, 0.15) is 6.61 Å². The second-order valence-electron chi connectivity index (χ2n) is 5.50. The molecule has 2 aromatic rings. The SMILES string of the molecule is C=CCOc1c(O)c2ccc(NC(C)=O)cc2n(CCCC)c1=O. The molecule has 0 spiro atoms. The number of aromatic hydroxyl groups is 1. The van der Waals surface area contributed by atoms with Crippen molar-refractivity contribution in [3.63, 3.8) is 0 Å². The van der Waals surface area contributed by atoms with E-state index in [1.54, 1.807) is 22.8 Å². The van der Waals surface area contributed by atoms with Gasteiger partial charge in [0.15, 0.2) is 5.75 Å². The second-order valence-corrected chi connectivity index (χ2v) is 5.50. The Hall–Kier alpha value is -2.76. The topological polar surface area (TPSA) is 80.6 Å². The van der Waals surface area contributed by atoms with Crippen molar-refractivity contribution >= 4 is 22.5 Å². The number of ether oxygens (including phenoxy) is 1. The van der Waals surface area contributed by atoms with Crippen LogP contribution in [0.4, 0.5) is 5.69 Å². The van der Waals surface area contributed by atoms with Gasteiger partial charge in [0.2, 0.25) is 11.7 Å². The third kappa shape index (κ3) is 3.59. The van der Waals surface area contributed by atoms with E-state index < -0.39 is 5.56 Å². The van der Waals surface area contributed by atoms with Crippen molar-refractivity contribution in [2.45, 2.75) is 33.2 Å². The van der Waals surface area contributed by atoms with Crippen LogP contribution < -0.4 is 15.6 Å². The Morgan fingerprint density at radius 1 is 1.46 bits per heavy atom. The Morgan fingerprint density at radius 3 is 2.83 bits per heavy atom. The lowest BCUT2D eigenvalue weighted by molar-refractivity contribution is -0.114. The zero-order valence-electron chi connectivity index (χ0n) is 14.0. The summed E-state index contributed by atoms with van der Waals surface area (Å²) in [6, 6.07) is 5.03. The standard InChI is InChI=1S/C18H22N2O4/c1-4-6-9-20-15-11-13(19-12(3)21)7-8-14(15)16(22)17(18(20)23)24-10-5-2/h5,7-8,11,22H,2,4,6,9-10H2,1,3H3,(H,19,21). The number of rotatable bonds is 7. The molecule has 0 aliphatic rings. The van der Waals surface area contributed by atoms with Gasteiger partial charge in [-0.2, -0.15) is 0 Å². The Morgan fingerprint density at radius 2 is 2.21 bits per heavy atom.